The number of piperazine rings is 1. The van der Waals surface area contributed by atoms with E-state index in [0.717, 1.165) is 63.9 Å². The third-order valence-electron chi connectivity index (χ3n) is 8.64. The molecule has 6 rings (SSSR count). The molecule has 0 unspecified atom stereocenters. The van der Waals surface area contributed by atoms with Crippen LogP contribution in [0.15, 0.2) is 18.2 Å². The highest BCUT2D eigenvalue weighted by atomic mass is 35.5. The molecular weight excluding hydrogens is 496 g/mol. The quantitative estimate of drug-likeness (QED) is 0.471. The summed E-state index contributed by atoms with van der Waals surface area (Å²) in [7, 11) is 0. The van der Waals surface area contributed by atoms with Gasteiger partial charge >= 0.3 is 0 Å². The highest BCUT2D eigenvalue weighted by Crippen LogP contribution is 2.46. The maximum Gasteiger partial charge on any atom is 0.229 e. The second-order valence-electron chi connectivity index (χ2n) is 12.3. The summed E-state index contributed by atoms with van der Waals surface area (Å²) in [5.74, 6) is 2.14. The molecule has 9 heteroatoms. The Labute approximate surface area is 230 Å². The first-order chi connectivity index (χ1) is 18.2. The Morgan fingerprint density at radius 2 is 1.58 bits per heavy atom. The maximum atomic E-state index is 6.71. The lowest BCUT2D eigenvalue weighted by Crippen LogP contribution is -2.44. The van der Waals surface area contributed by atoms with E-state index in [9.17, 15) is 0 Å². The Balaban J connectivity index is 1.32. The fourth-order valence-electron chi connectivity index (χ4n) is 6.10. The van der Waals surface area contributed by atoms with Crippen molar-refractivity contribution < 1.29 is 0 Å². The average molecular weight is 535 g/mol. The molecule has 0 radical (unpaired) electrons. The van der Waals surface area contributed by atoms with Gasteiger partial charge in [-0.05, 0) is 53.2 Å². The van der Waals surface area contributed by atoms with Crippen LogP contribution in [0.5, 0.6) is 0 Å². The van der Waals surface area contributed by atoms with E-state index >= 15 is 0 Å². The molecule has 38 heavy (non-hydrogen) atoms. The standard InChI is InChI=1S/C29H39ClN8/c1-28(2)9-10-29(3,4)21-17-19(7-8-20(21)28)18-32-25-23(30)33-22-24(34-25)35-27(38-15-11-31-12-16-38)36-26(22)37-13-5-6-14-37/h7-8,17,31H,5-6,9-16,18H2,1-4H3,(H,32,34,35,36). The van der Waals surface area contributed by atoms with Gasteiger partial charge in [0.2, 0.25) is 5.95 Å². The summed E-state index contributed by atoms with van der Waals surface area (Å²) in [6, 6.07) is 6.91. The third-order valence-corrected chi connectivity index (χ3v) is 8.90. The number of hydrogen-bond acceptors (Lipinski definition) is 8. The van der Waals surface area contributed by atoms with Crippen LogP contribution in [0.1, 0.15) is 70.1 Å². The number of halogens is 1. The van der Waals surface area contributed by atoms with E-state index in [0.29, 0.717) is 28.7 Å². The van der Waals surface area contributed by atoms with E-state index in [1.165, 1.54) is 29.5 Å². The molecule has 2 saturated heterocycles. The molecular formula is C29H39ClN8. The van der Waals surface area contributed by atoms with Crippen LogP contribution in [-0.4, -0.2) is 59.2 Å². The van der Waals surface area contributed by atoms with Crippen molar-refractivity contribution in [3.05, 3.63) is 40.0 Å². The summed E-state index contributed by atoms with van der Waals surface area (Å²) in [6.45, 7) is 15.6. The number of aromatic nitrogens is 4. The lowest BCUT2D eigenvalue weighted by atomic mass is 9.63. The SMILES string of the molecule is CC1(C)CCC(C)(C)c2cc(CNc3nc4nc(N5CCNCC5)nc(N5CCCC5)c4nc3Cl)ccc21. The summed E-state index contributed by atoms with van der Waals surface area (Å²) in [5.41, 5.74) is 5.78. The predicted molar refractivity (Wildman–Crippen MR) is 156 cm³/mol. The van der Waals surface area contributed by atoms with Crippen LogP contribution in [0.4, 0.5) is 17.6 Å². The van der Waals surface area contributed by atoms with Crippen molar-refractivity contribution in [2.45, 2.75) is 70.8 Å². The number of hydrogen-bond donors (Lipinski definition) is 2. The average Bonchev–Trinajstić information content (AvgIpc) is 3.45. The summed E-state index contributed by atoms with van der Waals surface area (Å²) in [5, 5.41) is 7.22. The van der Waals surface area contributed by atoms with Gasteiger partial charge in [-0.25, -0.2) is 9.97 Å². The molecule has 3 aliphatic rings. The number of benzene rings is 1. The molecule has 1 aliphatic carbocycles. The highest BCUT2D eigenvalue weighted by molar-refractivity contribution is 6.32. The summed E-state index contributed by atoms with van der Waals surface area (Å²) in [6.07, 6.45) is 4.72. The number of fused-ring (bicyclic) bond motifs is 2. The van der Waals surface area contributed by atoms with Crippen molar-refractivity contribution >= 4 is 40.3 Å². The minimum atomic E-state index is 0.171. The molecule has 1 aromatic carbocycles. The topological polar surface area (TPSA) is 82.1 Å². The first kappa shape index (κ1) is 25.6. The van der Waals surface area contributed by atoms with E-state index in [-0.39, 0.29) is 10.8 Å². The molecule has 2 aliphatic heterocycles. The van der Waals surface area contributed by atoms with Gasteiger partial charge in [-0.3, -0.25) is 0 Å². The molecule has 0 spiro atoms. The van der Waals surface area contributed by atoms with Crippen molar-refractivity contribution in [2.75, 3.05) is 54.4 Å². The number of rotatable bonds is 5. The van der Waals surface area contributed by atoms with Crippen LogP contribution in [0.3, 0.4) is 0 Å². The smallest absolute Gasteiger partial charge is 0.229 e. The zero-order chi connectivity index (χ0) is 26.5. The van der Waals surface area contributed by atoms with Gasteiger partial charge in [0.15, 0.2) is 28.0 Å². The van der Waals surface area contributed by atoms with E-state index in [1.54, 1.807) is 0 Å². The summed E-state index contributed by atoms with van der Waals surface area (Å²) in [4.78, 5) is 24.0. The first-order valence-electron chi connectivity index (χ1n) is 14.0. The molecule has 0 bridgehead atoms. The zero-order valence-corrected chi connectivity index (χ0v) is 23.8. The molecule has 0 saturated carbocycles. The van der Waals surface area contributed by atoms with Crippen molar-refractivity contribution in [1.82, 2.24) is 25.3 Å². The zero-order valence-electron chi connectivity index (χ0n) is 23.1. The molecule has 2 N–H and O–H groups in total. The Hall–Kier alpha value is -2.71. The van der Waals surface area contributed by atoms with Gasteiger partial charge in [-0.15, -0.1) is 0 Å². The van der Waals surface area contributed by atoms with Crippen molar-refractivity contribution in [1.29, 1.82) is 0 Å². The molecule has 0 amide bonds. The van der Waals surface area contributed by atoms with Gasteiger partial charge in [-0.2, -0.15) is 9.97 Å². The fraction of sp³-hybridized carbons (Fsp3) is 0.586. The van der Waals surface area contributed by atoms with Crippen molar-refractivity contribution in [3.8, 4) is 0 Å². The summed E-state index contributed by atoms with van der Waals surface area (Å²) < 4.78 is 0. The van der Waals surface area contributed by atoms with Gasteiger partial charge in [0, 0.05) is 45.8 Å². The van der Waals surface area contributed by atoms with Gasteiger partial charge in [-0.1, -0.05) is 57.5 Å². The molecule has 2 fully saturated rings. The lowest BCUT2D eigenvalue weighted by Gasteiger charge is -2.42. The van der Waals surface area contributed by atoms with Crippen LogP contribution in [-0.2, 0) is 17.4 Å². The molecule has 2 aromatic heterocycles. The van der Waals surface area contributed by atoms with Crippen LogP contribution < -0.4 is 20.4 Å². The Morgan fingerprint density at radius 3 is 2.32 bits per heavy atom. The number of nitrogens with zero attached hydrogens (tertiary/aromatic N) is 6. The minimum Gasteiger partial charge on any atom is -0.363 e. The Morgan fingerprint density at radius 1 is 0.868 bits per heavy atom. The minimum absolute atomic E-state index is 0.171. The van der Waals surface area contributed by atoms with Gasteiger partial charge in [0.1, 0.15) is 0 Å². The van der Waals surface area contributed by atoms with Gasteiger partial charge in [0.25, 0.3) is 0 Å². The van der Waals surface area contributed by atoms with E-state index in [4.69, 9.17) is 31.5 Å². The van der Waals surface area contributed by atoms with E-state index in [2.05, 4.69) is 66.3 Å². The van der Waals surface area contributed by atoms with Gasteiger partial charge < -0.3 is 20.4 Å². The molecule has 4 heterocycles. The van der Waals surface area contributed by atoms with E-state index < -0.39 is 0 Å². The molecule has 0 atom stereocenters. The third kappa shape index (κ3) is 4.77. The monoisotopic (exact) mass is 534 g/mol. The van der Waals surface area contributed by atoms with Crippen molar-refractivity contribution in [3.63, 3.8) is 0 Å². The molecule has 202 valence electrons. The highest BCUT2D eigenvalue weighted by Gasteiger charge is 2.37. The van der Waals surface area contributed by atoms with Crippen LogP contribution in [0.2, 0.25) is 5.15 Å². The summed E-state index contributed by atoms with van der Waals surface area (Å²) >= 11 is 6.71. The second-order valence-corrected chi connectivity index (χ2v) is 12.7. The second kappa shape index (κ2) is 9.79. The molecule has 8 nitrogen and oxygen atoms in total. The fourth-order valence-corrected chi connectivity index (χ4v) is 6.29. The lowest BCUT2D eigenvalue weighted by molar-refractivity contribution is 0.331. The maximum absolute atomic E-state index is 6.71. The van der Waals surface area contributed by atoms with Crippen LogP contribution in [0, 0.1) is 0 Å². The van der Waals surface area contributed by atoms with Crippen LogP contribution >= 0.6 is 11.6 Å². The van der Waals surface area contributed by atoms with Crippen LogP contribution in [0.25, 0.3) is 11.2 Å². The molecule has 3 aromatic rings. The first-order valence-corrected chi connectivity index (χ1v) is 14.4. The predicted octanol–water partition coefficient (Wildman–Crippen LogP) is 5.04. The number of nitrogens with one attached hydrogen (secondary N) is 2. The normalized spacial score (nSPS) is 20.6. The Kier molecular flexibility index (Phi) is 6.59. The van der Waals surface area contributed by atoms with E-state index in [1.807, 2.05) is 0 Å². The Bertz CT molecular complexity index is 1340. The van der Waals surface area contributed by atoms with Gasteiger partial charge in [0.05, 0.1) is 0 Å². The largest absolute Gasteiger partial charge is 0.363 e. The van der Waals surface area contributed by atoms with Crippen molar-refractivity contribution in [2.24, 2.45) is 0 Å². The number of anilines is 3.